The highest BCUT2D eigenvalue weighted by Crippen LogP contribution is 2.32. The molecule has 2 rings (SSSR count). The molecule has 0 saturated heterocycles. The summed E-state index contributed by atoms with van der Waals surface area (Å²) < 4.78 is 5.60. The van der Waals surface area contributed by atoms with E-state index in [1.165, 1.54) is 0 Å². The molecule has 0 N–H and O–H groups in total. The molecule has 27 heavy (non-hydrogen) atoms. The average Bonchev–Trinajstić information content (AvgIpc) is 2.65. The molecule has 0 aromatic heterocycles. The highest BCUT2D eigenvalue weighted by atomic mass is 16.6. The molecular weight excluding hydrogens is 336 g/mol. The van der Waals surface area contributed by atoms with E-state index < -0.39 is 17.0 Å². The molecule has 0 radical (unpaired) electrons. The second kappa shape index (κ2) is 8.34. The Morgan fingerprint density at radius 3 is 2.07 bits per heavy atom. The van der Waals surface area contributed by atoms with Gasteiger partial charge in [-0.15, -0.1) is 0 Å². The molecule has 0 saturated carbocycles. The van der Waals surface area contributed by atoms with Crippen molar-refractivity contribution < 1.29 is 14.3 Å². The highest BCUT2D eigenvalue weighted by molar-refractivity contribution is 6.12. The van der Waals surface area contributed by atoms with Crippen molar-refractivity contribution in [1.29, 1.82) is 0 Å². The van der Waals surface area contributed by atoms with Crippen LogP contribution in [0.1, 0.15) is 55.6 Å². The summed E-state index contributed by atoms with van der Waals surface area (Å²) in [7, 11) is 0. The van der Waals surface area contributed by atoms with E-state index in [0.717, 1.165) is 11.1 Å². The minimum absolute atomic E-state index is 0.208. The molecule has 0 aliphatic rings. The Balaban J connectivity index is 2.29. The van der Waals surface area contributed by atoms with Crippen molar-refractivity contribution in [3.05, 3.63) is 77.9 Å². The third-order valence-corrected chi connectivity index (χ3v) is 4.52. The monoisotopic (exact) mass is 364 g/mol. The Labute approximate surface area is 162 Å². The van der Waals surface area contributed by atoms with Gasteiger partial charge in [-0.1, -0.05) is 67.3 Å². The lowest BCUT2D eigenvalue weighted by Crippen LogP contribution is -2.42. The van der Waals surface area contributed by atoms with Crippen LogP contribution in [0.15, 0.2) is 61.2 Å². The quantitative estimate of drug-likeness (QED) is 0.370. The SMILES string of the molecule is C=Cc1ccc(CCC(C)(C(=O)OC(C)(C)C)C(=O)c2ccccc2)cc1. The fourth-order valence-electron chi connectivity index (χ4n) is 2.82. The summed E-state index contributed by atoms with van der Waals surface area (Å²) in [6.45, 7) is 10.9. The van der Waals surface area contributed by atoms with Crippen LogP contribution in [0.3, 0.4) is 0 Å². The van der Waals surface area contributed by atoms with Gasteiger partial charge in [0.1, 0.15) is 11.0 Å². The summed E-state index contributed by atoms with van der Waals surface area (Å²) in [6, 6.07) is 16.9. The number of aryl methyl sites for hydroxylation is 1. The number of ketones is 1. The number of hydrogen-bond acceptors (Lipinski definition) is 3. The standard InChI is InChI=1S/C24H28O3/c1-6-18-12-14-19(15-13-18)16-17-24(5,22(26)27-23(2,3)4)21(25)20-10-8-7-9-11-20/h6-15H,1,16-17H2,2-5H3. The number of ether oxygens (including phenoxy) is 1. The van der Waals surface area contributed by atoms with Crippen molar-refractivity contribution >= 4 is 17.8 Å². The molecule has 0 aliphatic heterocycles. The van der Waals surface area contributed by atoms with Gasteiger partial charge in [0.15, 0.2) is 5.78 Å². The van der Waals surface area contributed by atoms with Crippen LogP contribution in [-0.4, -0.2) is 17.4 Å². The molecule has 1 unspecified atom stereocenters. The number of Topliss-reactive ketones (excluding diaryl/α,β-unsaturated/α-hetero) is 1. The smallest absolute Gasteiger partial charge is 0.320 e. The molecule has 3 heteroatoms. The average molecular weight is 364 g/mol. The van der Waals surface area contributed by atoms with E-state index in [1.807, 2.05) is 51.1 Å². The molecule has 0 heterocycles. The molecule has 0 fully saturated rings. The fourth-order valence-corrected chi connectivity index (χ4v) is 2.82. The van der Waals surface area contributed by atoms with E-state index in [-0.39, 0.29) is 5.78 Å². The van der Waals surface area contributed by atoms with Gasteiger partial charge in [-0.05, 0) is 51.7 Å². The molecule has 142 valence electrons. The molecule has 3 nitrogen and oxygen atoms in total. The van der Waals surface area contributed by atoms with Crippen molar-refractivity contribution in [2.75, 3.05) is 0 Å². The van der Waals surface area contributed by atoms with Gasteiger partial charge < -0.3 is 4.74 Å². The highest BCUT2D eigenvalue weighted by Gasteiger charge is 2.44. The van der Waals surface area contributed by atoms with Gasteiger partial charge in [0, 0.05) is 5.56 Å². The van der Waals surface area contributed by atoms with Gasteiger partial charge in [-0.25, -0.2) is 0 Å². The summed E-state index contributed by atoms with van der Waals surface area (Å²) in [5.41, 5.74) is 0.727. The summed E-state index contributed by atoms with van der Waals surface area (Å²) in [6.07, 6.45) is 2.77. The molecular formula is C24H28O3. The maximum atomic E-state index is 13.2. The maximum absolute atomic E-state index is 13.2. The van der Waals surface area contributed by atoms with E-state index in [4.69, 9.17) is 4.74 Å². The summed E-state index contributed by atoms with van der Waals surface area (Å²) >= 11 is 0. The molecule has 2 aromatic carbocycles. The first kappa shape index (κ1) is 20.6. The number of esters is 1. The Bertz CT molecular complexity index is 798. The summed E-state index contributed by atoms with van der Waals surface area (Å²) in [5.74, 6) is -0.688. The van der Waals surface area contributed by atoms with Crippen molar-refractivity contribution in [2.24, 2.45) is 5.41 Å². The van der Waals surface area contributed by atoms with E-state index in [9.17, 15) is 9.59 Å². The maximum Gasteiger partial charge on any atom is 0.320 e. The predicted octanol–water partition coefficient (Wildman–Crippen LogP) is 5.49. The molecule has 0 bridgehead atoms. The second-order valence-electron chi connectivity index (χ2n) is 7.97. The van der Waals surface area contributed by atoms with Crippen LogP contribution in [0.5, 0.6) is 0 Å². The molecule has 0 spiro atoms. The van der Waals surface area contributed by atoms with E-state index in [1.54, 1.807) is 37.3 Å². The number of benzene rings is 2. The van der Waals surface area contributed by atoms with Gasteiger partial charge >= 0.3 is 5.97 Å². The minimum Gasteiger partial charge on any atom is -0.459 e. The second-order valence-corrected chi connectivity index (χ2v) is 7.97. The third-order valence-electron chi connectivity index (χ3n) is 4.52. The fraction of sp³-hybridized carbons (Fsp3) is 0.333. The van der Waals surface area contributed by atoms with E-state index >= 15 is 0 Å². The Morgan fingerprint density at radius 2 is 1.56 bits per heavy atom. The van der Waals surface area contributed by atoms with Crippen molar-refractivity contribution in [1.82, 2.24) is 0 Å². The molecule has 0 amide bonds. The van der Waals surface area contributed by atoms with Crippen LogP contribution >= 0.6 is 0 Å². The van der Waals surface area contributed by atoms with Crippen LogP contribution in [0, 0.1) is 5.41 Å². The Morgan fingerprint density at radius 1 is 0.963 bits per heavy atom. The number of hydrogen-bond donors (Lipinski definition) is 0. The summed E-state index contributed by atoms with van der Waals surface area (Å²) in [5, 5.41) is 0. The number of carbonyl (C=O) groups is 2. The van der Waals surface area contributed by atoms with Crippen LogP contribution in [0.2, 0.25) is 0 Å². The molecule has 1 atom stereocenters. The first-order chi connectivity index (χ1) is 12.7. The third kappa shape index (κ3) is 5.40. The van der Waals surface area contributed by atoms with Crippen LogP contribution in [0.25, 0.3) is 6.08 Å². The van der Waals surface area contributed by atoms with Gasteiger partial charge in [0.2, 0.25) is 0 Å². The zero-order valence-electron chi connectivity index (χ0n) is 16.6. The zero-order chi connectivity index (χ0) is 20.1. The van der Waals surface area contributed by atoms with Crippen molar-refractivity contribution in [2.45, 2.75) is 46.1 Å². The van der Waals surface area contributed by atoms with Crippen LogP contribution in [-0.2, 0) is 16.0 Å². The number of carbonyl (C=O) groups excluding carboxylic acids is 2. The van der Waals surface area contributed by atoms with Gasteiger partial charge in [-0.2, -0.15) is 0 Å². The number of rotatable bonds is 7. The van der Waals surface area contributed by atoms with Crippen molar-refractivity contribution in [3.8, 4) is 0 Å². The minimum atomic E-state index is -1.24. The lowest BCUT2D eigenvalue weighted by Gasteiger charge is -2.30. The molecule has 0 aliphatic carbocycles. The largest absolute Gasteiger partial charge is 0.459 e. The van der Waals surface area contributed by atoms with Gasteiger partial charge in [-0.3, -0.25) is 9.59 Å². The van der Waals surface area contributed by atoms with E-state index in [2.05, 4.69) is 6.58 Å². The summed E-state index contributed by atoms with van der Waals surface area (Å²) in [4.78, 5) is 26.2. The lowest BCUT2D eigenvalue weighted by molar-refractivity contribution is -0.163. The van der Waals surface area contributed by atoms with Gasteiger partial charge in [0.05, 0.1) is 0 Å². The molecule has 2 aromatic rings. The van der Waals surface area contributed by atoms with Crippen molar-refractivity contribution in [3.63, 3.8) is 0 Å². The first-order valence-electron chi connectivity index (χ1n) is 9.20. The normalized spacial score (nSPS) is 13.5. The first-order valence-corrected chi connectivity index (χ1v) is 9.20. The van der Waals surface area contributed by atoms with Crippen LogP contribution < -0.4 is 0 Å². The van der Waals surface area contributed by atoms with E-state index in [0.29, 0.717) is 18.4 Å². The zero-order valence-corrected chi connectivity index (χ0v) is 16.6. The Hall–Kier alpha value is -2.68. The topological polar surface area (TPSA) is 43.4 Å². The van der Waals surface area contributed by atoms with Gasteiger partial charge in [0.25, 0.3) is 0 Å². The predicted molar refractivity (Wildman–Crippen MR) is 110 cm³/mol. The Kier molecular flexibility index (Phi) is 6.37. The van der Waals surface area contributed by atoms with Crippen LogP contribution in [0.4, 0.5) is 0 Å². The lowest BCUT2D eigenvalue weighted by atomic mass is 9.77.